The van der Waals surface area contributed by atoms with Crippen molar-refractivity contribution in [1.82, 2.24) is 19.9 Å². The van der Waals surface area contributed by atoms with Gasteiger partial charge in [0.2, 0.25) is 0 Å². The molecular weight excluding hydrogens is 250 g/mol. The zero-order chi connectivity index (χ0) is 13.5. The highest BCUT2D eigenvalue weighted by molar-refractivity contribution is 6.06. The van der Waals surface area contributed by atoms with Crippen molar-refractivity contribution < 1.29 is 0 Å². The third kappa shape index (κ3) is 1.46. The summed E-state index contributed by atoms with van der Waals surface area (Å²) < 4.78 is 0. The first-order valence-corrected chi connectivity index (χ1v) is 6.25. The molecule has 0 aliphatic carbocycles. The lowest BCUT2D eigenvalue weighted by atomic mass is 10.0. The van der Waals surface area contributed by atoms with Gasteiger partial charge in [-0.3, -0.25) is 4.98 Å². The molecule has 4 rings (SSSR count). The summed E-state index contributed by atoms with van der Waals surface area (Å²) in [5.74, 6) is 0.495. The Morgan fingerprint density at radius 1 is 0.900 bits per heavy atom. The Kier molecular flexibility index (Phi) is 2.20. The van der Waals surface area contributed by atoms with Crippen LogP contribution in [-0.4, -0.2) is 19.9 Å². The first-order chi connectivity index (χ1) is 9.84. The SMILES string of the molecule is Nc1ncc(-c2c[nH]c3ncccc23)c2ccncc12. The van der Waals surface area contributed by atoms with Gasteiger partial charge in [0.1, 0.15) is 11.5 Å². The molecule has 4 heterocycles. The van der Waals surface area contributed by atoms with E-state index in [9.17, 15) is 0 Å². The number of rotatable bonds is 1. The number of nitrogens with two attached hydrogens (primary N) is 1. The van der Waals surface area contributed by atoms with E-state index in [0.29, 0.717) is 5.82 Å². The molecule has 0 aromatic carbocycles. The summed E-state index contributed by atoms with van der Waals surface area (Å²) in [7, 11) is 0. The van der Waals surface area contributed by atoms with Gasteiger partial charge in [-0.05, 0) is 23.6 Å². The molecule has 0 aliphatic rings. The Labute approximate surface area is 114 Å². The maximum Gasteiger partial charge on any atom is 0.137 e. The number of H-pyrrole nitrogens is 1. The molecule has 5 nitrogen and oxygen atoms in total. The van der Waals surface area contributed by atoms with E-state index in [-0.39, 0.29) is 0 Å². The van der Waals surface area contributed by atoms with Crippen molar-refractivity contribution in [3.8, 4) is 11.1 Å². The molecule has 5 heteroatoms. The molecule has 0 saturated heterocycles. The summed E-state index contributed by atoms with van der Waals surface area (Å²) in [5, 5.41) is 2.97. The fraction of sp³-hybridized carbons (Fsp3) is 0. The van der Waals surface area contributed by atoms with E-state index in [2.05, 4.69) is 19.9 Å². The Bertz CT molecular complexity index is 926. The molecular formula is C15H11N5. The van der Waals surface area contributed by atoms with Crippen LogP contribution in [-0.2, 0) is 0 Å². The van der Waals surface area contributed by atoms with Crippen molar-refractivity contribution in [2.45, 2.75) is 0 Å². The highest BCUT2D eigenvalue weighted by Gasteiger charge is 2.11. The summed E-state index contributed by atoms with van der Waals surface area (Å²) in [6.45, 7) is 0. The normalized spacial score (nSPS) is 11.2. The van der Waals surface area contributed by atoms with Crippen LogP contribution in [0.3, 0.4) is 0 Å². The predicted molar refractivity (Wildman–Crippen MR) is 79.0 cm³/mol. The van der Waals surface area contributed by atoms with Gasteiger partial charge in [0.15, 0.2) is 0 Å². The second-order valence-corrected chi connectivity index (χ2v) is 4.58. The third-order valence-electron chi connectivity index (χ3n) is 3.46. The molecule has 0 amide bonds. The van der Waals surface area contributed by atoms with Crippen LogP contribution in [0.5, 0.6) is 0 Å². The van der Waals surface area contributed by atoms with Crippen LogP contribution in [0, 0.1) is 0 Å². The molecule has 0 bridgehead atoms. The van der Waals surface area contributed by atoms with E-state index < -0.39 is 0 Å². The Hall–Kier alpha value is -2.95. The molecule has 4 aromatic rings. The first-order valence-electron chi connectivity index (χ1n) is 6.25. The number of nitrogens with zero attached hydrogens (tertiary/aromatic N) is 3. The van der Waals surface area contributed by atoms with E-state index >= 15 is 0 Å². The number of anilines is 1. The predicted octanol–water partition coefficient (Wildman–Crippen LogP) is 2.76. The summed E-state index contributed by atoms with van der Waals surface area (Å²) >= 11 is 0. The summed E-state index contributed by atoms with van der Waals surface area (Å²) in [5.41, 5.74) is 8.87. The maximum atomic E-state index is 5.92. The van der Waals surface area contributed by atoms with Gasteiger partial charge in [-0.1, -0.05) is 0 Å². The number of aromatic amines is 1. The number of nitrogens with one attached hydrogen (secondary N) is 1. The number of nitrogen functional groups attached to an aromatic ring is 1. The Morgan fingerprint density at radius 2 is 1.85 bits per heavy atom. The Balaban J connectivity index is 2.10. The summed E-state index contributed by atoms with van der Waals surface area (Å²) in [6.07, 6.45) is 9.02. The number of hydrogen-bond donors (Lipinski definition) is 2. The molecule has 0 spiro atoms. The highest BCUT2D eigenvalue weighted by Crippen LogP contribution is 2.33. The van der Waals surface area contributed by atoms with Crippen molar-refractivity contribution >= 4 is 27.6 Å². The first kappa shape index (κ1) is 10.9. The van der Waals surface area contributed by atoms with Gasteiger partial charge in [-0.25, -0.2) is 9.97 Å². The van der Waals surface area contributed by atoms with E-state index in [1.165, 1.54) is 0 Å². The fourth-order valence-corrected chi connectivity index (χ4v) is 2.50. The van der Waals surface area contributed by atoms with E-state index in [0.717, 1.165) is 32.9 Å². The van der Waals surface area contributed by atoms with Gasteiger partial charge in [0.05, 0.1) is 0 Å². The van der Waals surface area contributed by atoms with Gasteiger partial charge >= 0.3 is 0 Å². The monoisotopic (exact) mass is 261 g/mol. The lowest BCUT2D eigenvalue weighted by Crippen LogP contribution is -1.93. The van der Waals surface area contributed by atoms with Crippen molar-refractivity contribution in [3.05, 3.63) is 49.2 Å². The lowest BCUT2D eigenvalue weighted by Gasteiger charge is -2.06. The zero-order valence-electron chi connectivity index (χ0n) is 10.5. The minimum Gasteiger partial charge on any atom is -0.383 e. The number of aromatic nitrogens is 4. The number of fused-ring (bicyclic) bond motifs is 2. The molecule has 0 fully saturated rings. The van der Waals surface area contributed by atoms with Crippen LogP contribution in [0.25, 0.3) is 32.9 Å². The molecule has 0 radical (unpaired) electrons. The maximum absolute atomic E-state index is 5.92. The van der Waals surface area contributed by atoms with Crippen LogP contribution in [0.15, 0.2) is 49.2 Å². The number of hydrogen-bond acceptors (Lipinski definition) is 4. The van der Waals surface area contributed by atoms with Crippen LogP contribution < -0.4 is 5.73 Å². The average molecular weight is 261 g/mol. The van der Waals surface area contributed by atoms with Crippen molar-refractivity contribution in [2.75, 3.05) is 5.73 Å². The van der Waals surface area contributed by atoms with Crippen molar-refractivity contribution in [1.29, 1.82) is 0 Å². The minimum absolute atomic E-state index is 0.495. The second kappa shape index (κ2) is 4.03. The van der Waals surface area contributed by atoms with Crippen LogP contribution in [0.2, 0.25) is 0 Å². The standard InChI is InChI=1S/C15H11N5/c16-14-13-6-17-5-3-9(13)11(7-19-14)12-8-20-15-10(12)2-1-4-18-15/h1-8H,(H2,16,19)(H,18,20). The van der Waals surface area contributed by atoms with Gasteiger partial charge in [0.25, 0.3) is 0 Å². The van der Waals surface area contributed by atoms with Crippen molar-refractivity contribution in [2.24, 2.45) is 0 Å². The summed E-state index contributed by atoms with van der Waals surface area (Å²) in [6, 6.07) is 5.92. The van der Waals surface area contributed by atoms with E-state index in [4.69, 9.17) is 5.73 Å². The van der Waals surface area contributed by atoms with Crippen molar-refractivity contribution in [3.63, 3.8) is 0 Å². The van der Waals surface area contributed by atoms with Crippen LogP contribution in [0.4, 0.5) is 5.82 Å². The second-order valence-electron chi connectivity index (χ2n) is 4.58. The largest absolute Gasteiger partial charge is 0.383 e. The molecule has 0 unspecified atom stereocenters. The van der Waals surface area contributed by atoms with Gasteiger partial charge in [-0.15, -0.1) is 0 Å². The van der Waals surface area contributed by atoms with Gasteiger partial charge < -0.3 is 10.7 Å². The third-order valence-corrected chi connectivity index (χ3v) is 3.46. The van der Waals surface area contributed by atoms with E-state index in [1.807, 2.05) is 24.4 Å². The highest BCUT2D eigenvalue weighted by atomic mass is 14.8. The van der Waals surface area contributed by atoms with Crippen LogP contribution in [0.1, 0.15) is 0 Å². The average Bonchev–Trinajstić information content (AvgIpc) is 2.92. The quantitative estimate of drug-likeness (QED) is 0.552. The van der Waals surface area contributed by atoms with Crippen LogP contribution >= 0.6 is 0 Å². The zero-order valence-corrected chi connectivity index (χ0v) is 10.5. The number of pyridine rings is 3. The molecule has 96 valence electrons. The topological polar surface area (TPSA) is 80.5 Å². The molecule has 20 heavy (non-hydrogen) atoms. The van der Waals surface area contributed by atoms with Gasteiger partial charge in [-0.2, -0.15) is 0 Å². The van der Waals surface area contributed by atoms with E-state index in [1.54, 1.807) is 24.8 Å². The molecule has 0 atom stereocenters. The minimum atomic E-state index is 0.495. The summed E-state index contributed by atoms with van der Waals surface area (Å²) in [4.78, 5) is 15.9. The molecule has 0 aliphatic heterocycles. The molecule has 0 saturated carbocycles. The molecule has 4 aromatic heterocycles. The lowest BCUT2D eigenvalue weighted by molar-refractivity contribution is 1.32. The molecule has 3 N–H and O–H groups in total. The Morgan fingerprint density at radius 3 is 2.80 bits per heavy atom. The smallest absolute Gasteiger partial charge is 0.137 e. The fourth-order valence-electron chi connectivity index (χ4n) is 2.50. The van der Waals surface area contributed by atoms with Gasteiger partial charge in [0, 0.05) is 52.9 Å².